The Morgan fingerprint density at radius 2 is 2.00 bits per heavy atom. The van der Waals surface area contributed by atoms with Gasteiger partial charge in [0.25, 0.3) is 0 Å². The molecule has 0 aliphatic carbocycles. The van der Waals surface area contributed by atoms with E-state index in [2.05, 4.69) is 5.32 Å². The van der Waals surface area contributed by atoms with Crippen LogP contribution < -0.4 is 5.32 Å². The Morgan fingerprint density at radius 1 is 1.17 bits per heavy atom. The third kappa shape index (κ3) is 1.61. The first-order valence-electron chi connectivity index (χ1n) is 4.42. The van der Waals surface area contributed by atoms with Crippen LogP contribution in [0.5, 0.6) is 0 Å². The molecule has 0 saturated carbocycles. The summed E-state index contributed by atoms with van der Waals surface area (Å²) in [4.78, 5) is 0. The van der Waals surface area contributed by atoms with Gasteiger partial charge in [-0.25, -0.2) is 0 Å². The molecule has 3 atom stereocenters. The molecule has 0 aromatic rings. The summed E-state index contributed by atoms with van der Waals surface area (Å²) in [5, 5.41) is 3.18. The summed E-state index contributed by atoms with van der Waals surface area (Å²) in [5.74, 6) is 0. The molecule has 2 aliphatic rings. The van der Waals surface area contributed by atoms with Gasteiger partial charge >= 0.3 is 0 Å². The van der Waals surface area contributed by atoms with Gasteiger partial charge in [0, 0.05) is 6.04 Å². The van der Waals surface area contributed by atoms with Crippen molar-refractivity contribution in [2.45, 2.75) is 24.9 Å². The van der Waals surface area contributed by atoms with E-state index in [1.807, 2.05) is 7.05 Å². The van der Waals surface area contributed by atoms with E-state index in [-0.39, 0.29) is 12.4 Å². The smallest absolute Gasteiger partial charge is 0.183 e. The Morgan fingerprint density at radius 3 is 2.83 bits per heavy atom. The number of likely N-dealkylation sites (N-methyl/N-ethyl adjacent to an activating group) is 1. The van der Waals surface area contributed by atoms with Gasteiger partial charge in [-0.05, 0) is 13.5 Å². The molecule has 0 aromatic carbocycles. The van der Waals surface area contributed by atoms with Crippen molar-refractivity contribution < 1.29 is 14.2 Å². The van der Waals surface area contributed by atoms with Crippen LogP contribution >= 0.6 is 0 Å². The fourth-order valence-electron chi connectivity index (χ4n) is 1.64. The van der Waals surface area contributed by atoms with E-state index in [9.17, 15) is 0 Å². The van der Waals surface area contributed by atoms with E-state index in [1.54, 1.807) is 0 Å². The van der Waals surface area contributed by atoms with Gasteiger partial charge in [-0.1, -0.05) is 0 Å². The molecule has 0 spiro atoms. The van der Waals surface area contributed by atoms with Crippen molar-refractivity contribution in [2.24, 2.45) is 0 Å². The molecule has 12 heavy (non-hydrogen) atoms. The maximum absolute atomic E-state index is 5.52. The number of fused-ring (bicyclic) bond motifs is 1. The SMILES string of the molecule is CNC1CO[C@@H]2OCCO[C@@H]2C1. The van der Waals surface area contributed by atoms with Gasteiger partial charge in [-0.15, -0.1) is 0 Å². The van der Waals surface area contributed by atoms with Crippen LogP contribution in [0.15, 0.2) is 0 Å². The molecule has 1 unspecified atom stereocenters. The first-order chi connectivity index (χ1) is 5.90. The lowest BCUT2D eigenvalue weighted by atomic mass is 10.1. The fraction of sp³-hybridized carbons (Fsp3) is 1.00. The molecule has 70 valence electrons. The molecular formula is C8H15NO3. The van der Waals surface area contributed by atoms with Crippen LogP contribution in [0.2, 0.25) is 0 Å². The highest BCUT2D eigenvalue weighted by molar-refractivity contribution is 4.79. The Kier molecular flexibility index (Phi) is 2.60. The van der Waals surface area contributed by atoms with Crippen molar-refractivity contribution in [3.8, 4) is 0 Å². The predicted octanol–water partition coefficient (Wildman–Crippen LogP) is -0.264. The lowest BCUT2D eigenvalue weighted by molar-refractivity contribution is -0.269. The molecular weight excluding hydrogens is 158 g/mol. The van der Waals surface area contributed by atoms with Gasteiger partial charge in [0.1, 0.15) is 6.10 Å². The first-order valence-corrected chi connectivity index (χ1v) is 4.42. The molecule has 2 heterocycles. The second kappa shape index (κ2) is 3.70. The van der Waals surface area contributed by atoms with E-state index in [0.29, 0.717) is 19.3 Å². The quantitative estimate of drug-likeness (QED) is 0.593. The van der Waals surface area contributed by atoms with Crippen molar-refractivity contribution in [1.29, 1.82) is 0 Å². The Balaban J connectivity index is 1.90. The fourth-order valence-corrected chi connectivity index (χ4v) is 1.64. The highest BCUT2D eigenvalue weighted by atomic mass is 16.7. The number of nitrogens with one attached hydrogen (secondary N) is 1. The van der Waals surface area contributed by atoms with Crippen molar-refractivity contribution in [1.82, 2.24) is 5.32 Å². The molecule has 2 aliphatic heterocycles. The zero-order valence-corrected chi connectivity index (χ0v) is 7.29. The molecule has 0 bridgehead atoms. The van der Waals surface area contributed by atoms with Crippen molar-refractivity contribution in [3.05, 3.63) is 0 Å². The second-order valence-electron chi connectivity index (χ2n) is 3.20. The Hall–Kier alpha value is -0.160. The molecule has 0 aromatic heterocycles. The van der Waals surface area contributed by atoms with Gasteiger partial charge in [0.2, 0.25) is 0 Å². The number of hydrogen-bond acceptors (Lipinski definition) is 4. The minimum Gasteiger partial charge on any atom is -0.370 e. The second-order valence-corrected chi connectivity index (χ2v) is 3.20. The summed E-state index contributed by atoms with van der Waals surface area (Å²) in [6.45, 7) is 2.08. The van der Waals surface area contributed by atoms with Gasteiger partial charge in [-0.2, -0.15) is 0 Å². The zero-order chi connectivity index (χ0) is 8.39. The normalized spacial score (nSPS) is 42.2. The van der Waals surface area contributed by atoms with Crippen LogP contribution in [0.4, 0.5) is 0 Å². The van der Waals surface area contributed by atoms with Crippen LogP contribution in [0.3, 0.4) is 0 Å². The van der Waals surface area contributed by atoms with Gasteiger partial charge < -0.3 is 19.5 Å². The highest BCUT2D eigenvalue weighted by Gasteiger charge is 2.34. The van der Waals surface area contributed by atoms with Crippen molar-refractivity contribution >= 4 is 0 Å². The van der Waals surface area contributed by atoms with Gasteiger partial charge in [0.05, 0.1) is 19.8 Å². The van der Waals surface area contributed by atoms with Crippen LogP contribution in [0.1, 0.15) is 6.42 Å². The summed E-state index contributed by atoms with van der Waals surface area (Å²) in [6.07, 6.45) is 0.995. The summed E-state index contributed by atoms with van der Waals surface area (Å²) in [7, 11) is 1.94. The largest absolute Gasteiger partial charge is 0.370 e. The first kappa shape index (κ1) is 8.44. The zero-order valence-electron chi connectivity index (χ0n) is 7.29. The number of ether oxygens (including phenoxy) is 3. The standard InChI is InChI=1S/C8H15NO3/c1-9-6-4-7-8(12-5-6)11-3-2-10-7/h6-9H,2-5H2,1H3/t6?,7-,8+/m1/s1. The minimum absolute atomic E-state index is 0.122. The summed E-state index contributed by atoms with van der Waals surface area (Å²) < 4.78 is 16.4. The van der Waals surface area contributed by atoms with Crippen molar-refractivity contribution in [3.63, 3.8) is 0 Å². The highest BCUT2D eigenvalue weighted by Crippen LogP contribution is 2.21. The minimum atomic E-state index is -0.122. The lowest BCUT2D eigenvalue weighted by Gasteiger charge is -2.38. The van der Waals surface area contributed by atoms with Crippen LogP contribution in [0, 0.1) is 0 Å². The molecule has 4 nitrogen and oxygen atoms in total. The Labute approximate surface area is 72.2 Å². The molecule has 2 rings (SSSR count). The topological polar surface area (TPSA) is 39.7 Å². The molecule has 1 N–H and O–H groups in total. The summed E-state index contributed by atoms with van der Waals surface area (Å²) >= 11 is 0. The molecule has 0 amide bonds. The van der Waals surface area contributed by atoms with Crippen LogP contribution in [-0.4, -0.2) is 45.3 Å². The van der Waals surface area contributed by atoms with Gasteiger partial charge in [0.15, 0.2) is 6.29 Å². The van der Waals surface area contributed by atoms with E-state index in [1.165, 1.54) is 0 Å². The van der Waals surface area contributed by atoms with Crippen LogP contribution in [-0.2, 0) is 14.2 Å². The monoisotopic (exact) mass is 173 g/mol. The average Bonchev–Trinajstić information content (AvgIpc) is 2.17. The van der Waals surface area contributed by atoms with Crippen molar-refractivity contribution in [2.75, 3.05) is 26.9 Å². The maximum atomic E-state index is 5.52. The lowest BCUT2D eigenvalue weighted by Crippen LogP contribution is -2.51. The third-order valence-corrected chi connectivity index (χ3v) is 2.39. The third-order valence-electron chi connectivity index (χ3n) is 2.39. The van der Waals surface area contributed by atoms with E-state index in [0.717, 1.165) is 13.0 Å². The summed E-state index contributed by atoms with van der Waals surface area (Å²) in [6, 6.07) is 0.410. The van der Waals surface area contributed by atoms with Crippen LogP contribution in [0.25, 0.3) is 0 Å². The number of rotatable bonds is 1. The molecule has 4 heteroatoms. The molecule has 0 radical (unpaired) electrons. The van der Waals surface area contributed by atoms with Gasteiger partial charge in [-0.3, -0.25) is 0 Å². The Bertz CT molecular complexity index is 153. The molecule has 2 saturated heterocycles. The predicted molar refractivity (Wildman–Crippen MR) is 42.9 cm³/mol. The summed E-state index contributed by atoms with van der Waals surface area (Å²) in [5.41, 5.74) is 0. The molecule has 2 fully saturated rings. The van der Waals surface area contributed by atoms with E-state index in [4.69, 9.17) is 14.2 Å². The van der Waals surface area contributed by atoms with E-state index < -0.39 is 0 Å². The maximum Gasteiger partial charge on any atom is 0.183 e. The average molecular weight is 173 g/mol. The van der Waals surface area contributed by atoms with E-state index >= 15 is 0 Å². The number of hydrogen-bond donors (Lipinski definition) is 1.